The van der Waals surface area contributed by atoms with Gasteiger partial charge >= 0.3 is 0 Å². The van der Waals surface area contributed by atoms with E-state index in [9.17, 15) is 5.11 Å². The Morgan fingerprint density at radius 3 is 2.78 bits per heavy atom. The zero-order valence-corrected chi connectivity index (χ0v) is 11.2. The van der Waals surface area contributed by atoms with Crippen LogP contribution in [0.2, 0.25) is 0 Å². The Morgan fingerprint density at radius 2 is 2.17 bits per heavy atom. The fourth-order valence-corrected chi connectivity index (χ4v) is 2.74. The van der Waals surface area contributed by atoms with Gasteiger partial charge in [0.2, 0.25) is 0 Å². The zero-order valence-electron chi connectivity index (χ0n) is 11.2. The lowest BCUT2D eigenvalue weighted by Gasteiger charge is -2.22. The molecule has 0 aliphatic carbocycles. The SMILES string of the molecule is CN1CCC[C@H]1CCN[C@@H](CO)c1ccccc1. The molecule has 1 aromatic carbocycles. The number of rotatable bonds is 6. The smallest absolute Gasteiger partial charge is 0.0626 e. The van der Waals surface area contributed by atoms with E-state index >= 15 is 0 Å². The van der Waals surface area contributed by atoms with Gasteiger partial charge < -0.3 is 15.3 Å². The molecule has 2 N–H and O–H groups in total. The Hall–Kier alpha value is -0.900. The van der Waals surface area contributed by atoms with Crippen LogP contribution in [0, 0.1) is 0 Å². The first-order chi connectivity index (χ1) is 8.81. The van der Waals surface area contributed by atoms with Gasteiger partial charge in [0.15, 0.2) is 0 Å². The molecule has 0 bridgehead atoms. The summed E-state index contributed by atoms with van der Waals surface area (Å²) in [4.78, 5) is 2.44. The lowest BCUT2D eigenvalue weighted by molar-refractivity contribution is 0.236. The minimum Gasteiger partial charge on any atom is -0.394 e. The van der Waals surface area contributed by atoms with E-state index < -0.39 is 0 Å². The molecule has 1 aliphatic rings. The molecule has 1 aromatic rings. The Labute approximate surface area is 110 Å². The maximum Gasteiger partial charge on any atom is 0.0626 e. The second-order valence-corrected chi connectivity index (χ2v) is 5.17. The van der Waals surface area contributed by atoms with Crippen molar-refractivity contribution in [1.29, 1.82) is 0 Å². The van der Waals surface area contributed by atoms with Crippen molar-refractivity contribution in [1.82, 2.24) is 10.2 Å². The highest BCUT2D eigenvalue weighted by Gasteiger charge is 2.20. The van der Waals surface area contributed by atoms with Gasteiger partial charge in [-0.1, -0.05) is 30.3 Å². The van der Waals surface area contributed by atoms with Crippen LogP contribution in [0.3, 0.4) is 0 Å². The van der Waals surface area contributed by atoms with Crippen LogP contribution in [0.15, 0.2) is 30.3 Å². The predicted octanol–water partition coefficient (Wildman–Crippen LogP) is 1.79. The van der Waals surface area contributed by atoms with E-state index in [4.69, 9.17) is 0 Å². The summed E-state index contributed by atoms with van der Waals surface area (Å²) >= 11 is 0. The summed E-state index contributed by atoms with van der Waals surface area (Å²) in [6, 6.07) is 11.0. The number of benzene rings is 1. The maximum absolute atomic E-state index is 9.45. The zero-order chi connectivity index (χ0) is 12.8. The average Bonchev–Trinajstić information content (AvgIpc) is 2.81. The average molecular weight is 248 g/mol. The minimum absolute atomic E-state index is 0.0675. The molecule has 3 nitrogen and oxygen atoms in total. The van der Waals surface area contributed by atoms with E-state index in [1.165, 1.54) is 31.4 Å². The molecule has 0 aromatic heterocycles. The third-order valence-corrected chi connectivity index (χ3v) is 3.92. The van der Waals surface area contributed by atoms with Crippen LogP contribution in [0.5, 0.6) is 0 Å². The van der Waals surface area contributed by atoms with E-state index in [2.05, 4.69) is 29.4 Å². The largest absolute Gasteiger partial charge is 0.394 e. The fourth-order valence-electron chi connectivity index (χ4n) is 2.74. The van der Waals surface area contributed by atoms with Gasteiger partial charge in [0.05, 0.1) is 12.6 Å². The minimum atomic E-state index is 0.0675. The molecule has 0 amide bonds. The molecular formula is C15H24N2O. The number of hydrogen-bond acceptors (Lipinski definition) is 3. The van der Waals surface area contributed by atoms with Gasteiger partial charge in [0.25, 0.3) is 0 Å². The van der Waals surface area contributed by atoms with Crippen molar-refractivity contribution in [3.8, 4) is 0 Å². The number of aliphatic hydroxyl groups excluding tert-OH is 1. The second kappa shape index (κ2) is 6.88. The molecule has 0 saturated carbocycles. The number of likely N-dealkylation sites (tertiary alicyclic amines) is 1. The lowest BCUT2D eigenvalue weighted by Crippen LogP contribution is -2.31. The molecule has 1 fully saturated rings. The van der Waals surface area contributed by atoms with Gasteiger partial charge in [-0.05, 0) is 45.0 Å². The molecule has 1 heterocycles. The summed E-state index contributed by atoms with van der Waals surface area (Å²) in [5.41, 5.74) is 1.17. The Kier molecular flexibility index (Phi) is 5.17. The summed E-state index contributed by atoms with van der Waals surface area (Å²) in [6.07, 6.45) is 3.80. The fraction of sp³-hybridized carbons (Fsp3) is 0.600. The quantitative estimate of drug-likeness (QED) is 0.806. The van der Waals surface area contributed by atoms with Crippen molar-refractivity contribution >= 4 is 0 Å². The van der Waals surface area contributed by atoms with Gasteiger partial charge in [-0.2, -0.15) is 0 Å². The van der Waals surface area contributed by atoms with Crippen molar-refractivity contribution in [2.24, 2.45) is 0 Å². The molecule has 3 heteroatoms. The first kappa shape index (κ1) is 13.5. The summed E-state index contributed by atoms with van der Waals surface area (Å²) in [6.45, 7) is 2.35. The van der Waals surface area contributed by atoms with Crippen LogP contribution in [-0.2, 0) is 0 Å². The Morgan fingerprint density at radius 1 is 1.39 bits per heavy atom. The number of nitrogens with zero attached hydrogens (tertiary/aromatic N) is 1. The monoisotopic (exact) mass is 248 g/mol. The highest BCUT2D eigenvalue weighted by Crippen LogP contribution is 2.18. The van der Waals surface area contributed by atoms with E-state index in [1.807, 2.05) is 18.2 Å². The van der Waals surface area contributed by atoms with Gasteiger partial charge in [-0.3, -0.25) is 0 Å². The van der Waals surface area contributed by atoms with Gasteiger partial charge in [0.1, 0.15) is 0 Å². The standard InChI is InChI=1S/C15H24N2O/c1-17-11-5-8-14(17)9-10-16-15(12-18)13-6-3-2-4-7-13/h2-4,6-7,14-16,18H,5,8-12H2,1H3/t14-,15-/m0/s1. The van der Waals surface area contributed by atoms with Crippen molar-refractivity contribution in [3.05, 3.63) is 35.9 Å². The van der Waals surface area contributed by atoms with Crippen LogP contribution < -0.4 is 5.32 Å². The predicted molar refractivity (Wildman–Crippen MR) is 74.5 cm³/mol. The molecule has 18 heavy (non-hydrogen) atoms. The first-order valence-corrected chi connectivity index (χ1v) is 6.90. The van der Waals surface area contributed by atoms with Crippen molar-refractivity contribution in [2.75, 3.05) is 26.7 Å². The number of nitrogens with one attached hydrogen (secondary N) is 1. The summed E-state index contributed by atoms with van der Waals surface area (Å²) < 4.78 is 0. The van der Waals surface area contributed by atoms with Crippen LogP contribution in [-0.4, -0.2) is 42.8 Å². The van der Waals surface area contributed by atoms with Gasteiger partial charge in [-0.15, -0.1) is 0 Å². The molecule has 1 aliphatic heterocycles. The Balaban J connectivity index is 1.77. The molecule has 0 unspecified atom stereocenters. The second-order valence-electron chi connectivity index (χ2n) is 5.17. The summed E-state index contributed by atoms with van der Waals surface area (Å²) in [5.74, 6) is 0. The molecule has 2 atom stereocenters. The van der Waals surface area contributed by atoms with Gasteiger partial charge in [0, 0.05) is 6.04 Å². The highest BCUT2D eigenvalue weighted by atomic mass is 16.3. The maximum atomic E-state index is 9.45. The van der Waals surface area contributed by atoms with Crippen LogP contribution in [0.4, 0.5) is 0 Å². The van der Waals surface area contributed by atoms with E-state index in [-0.39, 0.29) is 12.6 Å². The number of aliphatic hydroxyl groups is 1. The van der Waals surface area contributed by atoms with Crippen molar-refractivity contribution in [2.45, 2.75) is 31.3 Å². The van der Waals surface area contributed by atoms with E-state index in [0.717, 1.165) is 6.54 Å². The normalized spacial score (nSPS) is 22.2. The van der Waals surface area contributed by atoms with Crippen molar-refractivity contribution < 1.29 is 5.11 Å². The van der Waals surface area contributed by atoms with Crippen molar-refractivity contribution in [3.63, 3.8) is 0 Å². The van der Waals surface area contributed by atoms with Crippen LogP contribution >= 0.6 is 0 Å². The molecule has 0 radical (unpaired) electrons. The lowest BCUT2D eigenvalue weighted by atomic mass is 10.1. The third-order valence-electron chi connectivity index (χ3n) is 3.92. The van der Waals surface area contributed by atoms with E-state index in [0.29, 0.717) is 6.04 Å². The molecule has 2 rings (SSSR count). The third kappa shape index (κ3) is 3.55. The van der Waals surface area contributed by atoms with Gasteiger partial charge in [-0.25, -0.2) is 0 Å². The van der Waals surface area contributed by atoms with Crippen LogP contribution in [0.1, 0.15) is 30.9 Å². The topological polar surface area (TPSA) is 35.5 Å². The molecule has 1 saturated heterocycles. The molecular weight excluding hydrogens is 224 g/mol. The highest BCUT2D eigenvalue weighted by molar-refractivity contribution is 5.18. The molecule has 0 spiro atoms. The number of hydrogen-bond donors (Lipinski definition) is 2. The molecule has 100 valence electrons. The Bertz CT molecular complexity index is 342. The van der Waals surface area contributed by atoms with E-state index in [1.54, 1.807) is 0 Å². The van der Waals surface area contributed by atoms with Crippen LogP contribution in [0.25, 0.3) is 0 Å². The first-order valence-electron chi connectivity index (χ1n) is 6.90. The summed E-state index contributed by atoms with van der Waals surface area (Å²) in [5, 5.41) is 12.9. The summed E-state index contributed by atoms with van der Waals surface area (Å²) in [7, 11) is 2.21.